The van der Waals surface area contributed by atoms with Gasteiger partial charge in [-0.05, 0) is 42.2 Å². The maximum Gasteiger partial charge on any atom is 0.230 e. The van der Waals surface area contributed by atoms with E-state index in [-0.39, 0.29) is 23.8 Å². The molecule has 34 heavy (non-hydrogen) atoms. The van der Waals surface area contributed by atoms with E-state index < -0.39 is 5.41 Å². The van der Waals surface area contributed by atoms with Crippen LogP contribution in [0.25, 0.3) is 0 Å². The average Bonchev–Trinajstić information content (AvgIpc) is 3.59. The molecular weight excluding hydrogens is 448 g/mol. The second-order valence-corrected chi connectivity index (χ2v) is 11.2. The fourth-order valence-electron chi connectivity index (χ4n) is 5.36. The minimum atomic E-state index is -0.460. The normalized spacial score (nSPS) is 24.9. The van der Waals surface area contributed by atoms with Gasteiger partial charge in [-0.15, -0.1) is 0 Å². The minimum absolute atomic E-state index is 0.0314. The Kier molecular flexibility index (Phi) is 5.85. The molecule has 0 bridgehead atoms. The third-order valence-electron chi connectivity index (χ3n) is 7.44. The van der Waals surface area contributed by atoms with Gasteiger partial charge < -0.3 is 15.1 Å². The molecule has 0 spiro atoms. The van der Waals surface area contributed by atoms with Gasteiger partial charge in [0.15, 0.2) is 0 Å². The first-order chi connectivity index (χ1) is 16.1. The van der Waals surface area contributed by atoms with E-state index in [1.54, 1.807) is 0 Å². The van der Waals surface area contributed by atoms with Crippen molar-refractivity contribution in [3.8, 4) is 0 Å². The lowest BCUT2D eigenvalue weighted by atomic mass is 9.95. The number of para-hydroxylation sites is 1. The lowest BCUT2D eigenvalue weighted by molar-refractivity contribution is -0.123. The van der Waals surface area contributed by atoms with Crippen molar-refractivity contribution in [1.82, 2.24) is 4.90 Å². The molecule has 5 rings (SSSR count). The lowest BCUT2D eigenvalue weighted by Crippen LogP contribution is -2.48. The smallest absolute Gasteiger partial charge is 0.230 e. The number of hydrogen-bond donors (Lipinski definition) is 1. The molecule has 3 atom stereocenters. The van der Waals surface area contributed by atoms with Crippen molar-refractivity contribution < 1.29 is 9.59 Å². The highest BCUT2D eigenvalue weighted by Crippen LogP contribution is 2.55. The molecule has 6 nitrogen and oxygen atoms in total. The predicted molar refractivity (Wildman–Crippen MR) is 138 cm³/mol. The van der Waals surface area contributed by atoms with Gasteiger partial charge in [-0.1, -0.05) is 50.6 Å². The van der Waals surface area contributed by atoms with E-state index in [1.165, 1.54) is 5.56 Å². The summed E-state index contributed by atoms with van der Waals surface area (Å²) in [5.41, 5.74) is 3.57. The van der Waals surface area contributed by atoms with Crippen LogP contribution in [0.4, 0.5) is 17.1 Å². The molecule has 1 aliphatic carbocycles. The fourth-order valence-corrected chi connectivity index (χ4v) is 5.66. The summed E-state index contributed by atoms with van der Waals surface area (Å²) in [4.78, 5) is 31.9. The number of halogens is 1. The molecule has 2 aromatic rings. The van der Waals surface area contributed by atoms with Crippen molar-refractivity contribution in [1.29, 1.82) is 0 Å². The Morgan fingerprint density at radius 1 is 1.03 bits per heavy atom. The molecule has 3 unspecified atom stereocenters. The van der Waals surface area contributed by atoms with E-state index >= 15 is 0 Å². The maximum absolute atomic E-state index is 12.9. The van der Waals surface area contributed by atoms with Gasteiger partial charge in [0.1, 0.15) is 0 Å². The highest BCUT2D eigenvalue weighted by molar-refractivity contribution is 6.33. The van der Waals surface area contributed by atoms with Gasteiger partial charge in [-0.3, -0.25) is 14.5 Å². The second kappa shape index (κ2) is 8.58. The van der Waals surface area contributed by atoms with Gasteiger partial charge in [0.2, 0.25) is 11.8 Å². The van der Waals surface area contributed by atoms with Crippen molar-refractivity contribution in [3.05, 3.63) is 53.1 Å². The van der Waals surface area contributed by atoms with Gasteiger partial charge >= 0.3 is 0 Å². The Hall–Kier alpha value is -2.57. The highest BCUT2D eigenvalue weighted by Gasteiger charge is 2.54. The van der Waals surface area contributed by atoms with Crippen molar-refractivity contribution in [2.24, 2.45) is 17.3 Å². The van der Waals surface area contributed by atoms with Crippen molar-refractivity contribution >= 4 is 40.5 Å². The maximum atomic E-state index is 12.9. The SMILES string of the molecule is CN1C(=O)C2CC2C(N2CCN(c3ccc(NC(=O)C(C)(C)C)cc3Cl)CC2)c2ccccc21. The number of nitrogens with one attached hydrogen (secondary N) is 1. The minimum Gasteiger partial charge on any atom is -0.368 e. The van der Waals surface area contributed by atoms with Crippen molar-refractivity contribution in [2.75, 3.05) is 48.3 Å². The van der Waals surface area contributed by atoms with Crippen LogP contribution < -0.4 is 15.1 Å². The molecule has 0 radical (unpaired) electrons. The first kappa shape index (κ1) is 23.2. The zero-order chi connectivity index (χ0) is 24.2. The number of piperazine rings is 1. The van der Waals surface area contributed by atoms with E-state index in [0.29, 0.717) is 10.9 Å². The summed E-state index contributed by atoms with van der Waals surface area (Å²) in [7, 11) is 1.91. The number of carbonyl (C=O) groups excluding carboxylic acids is 2. The Balaban J connectivity index is 1.30. The van der Waals surface area contributed by atoms with Gasteiger partial charge in [-0.2, -0.15) is 0 Å². The third-order valence-corrected chi connectivity index (χ3v) is 7.75. The van der Waals surface area contributed by atoms with Crippen LogP contribution in [0.3, 0.4) is 0 Å². The van der Waals surface area contributed by atoms with Crippen LogP contribution >= 0.6 is 11.6 Å². The van der Waals surface area contributed by atoms with Crippen molar-refractivity contribution in [2.45, 2.75) is 33.2 Å². The zero-order valence-corrected chi connectivity index (χ0v) is 21.1. The standard InChI is InChI=1S/C27H33ClN4O2/c1-27(2,3)26(34)29-17-9-10-23(21(28)15-17)31-11-13-32(14-12-31)24-18-7-5-6-8-22(18)30(4)25(33)20-16-19(20)24/h5-10,15,19-20,24H,11-14,16H2,1-4H3,(H,29,34). The second-order valence-electron chi connectivity index (χ2n) is 10.8. The molecule has 2 aliphatic heterocycles. The molecule has 0 aromatic heterocycles. The van der Waals surface area contributed by atoms with Crippen LogP contribution in [-0.2, 0) is 9.59 Å². The van der Waals surface area contributed by atoms with E-state index in [2.05, 4.69) is 33.3 Å². The van der Waals surface area contributed by atoms with Crippen LogP contribution in [-0.4, -0.2) is 49.9 Å². The van der Waals surface area contributed by atoms with Crippen LogP contribution in [0.5, 0.6) is 0 Å². The largest absolute Gasteiger partial charge is 0.368 e. The summed E-state index contributed by atoms with van der Waals surface area (Å²) >= 11 is 6.65. The topological polar surface area (TPSA) is 55.9 Å². The number of anilines is 3. The molecule has 2 fully saturated rings. The fraction of sp³-hybridized carbons (Fsp3) is 0.481. The molecule has 1 saturated carbocycles. The first-order valence-corrected chi connectivity index (χ1v) is 12.5. The highest BCUT2D eigenvalue weighted by atomic mass is 35.5. The Morgan fingerprint density at radius 3 is 2.41 bits per heavy atom. The molecule has 180 valence electrons. The van der Waals surface area contributed by atoms with E-state index in [4.69, 9.17) is 11.6 Å². The Bertz CT molecular complexity index is 1120. The molecule has 7 heteroatoms. The molecule has 3 aliphatic rings. The number of benzene rings is 2. The predicted octanol–water partition coefficient (Wildman–Crippen LogP) is 4.80. The van der Waals surface area contributed by atoms with Gasteiger partial charge in [0.25, 0.3) is 0 Å². The number of hydrogen-bond acceptors (Lipinski definition) is 4. The number of nitrogens with zero attached hydrogens (tertiary/aromatic N) is 3. The van der Waals surface area contributed by atoms with Crippen molar-refractivity contribution in [3.63, 3.8) is 0 Å². The van der Waals surface area contributed by atoms with Crippen LogP contribution in [0.2, 0.25) is 5.02 Å². The number of amides is 2. The van der Waals surface area contributed by atoms with Gasteiger partial charge in [0, 0.05) is 62.0 Å². The van der Waals surface area contributed by atoms with Crippen LogP contribution in [0.1, 0.15) is 38.8 Å². The number of fused-ring (bicyclic) bond motifs is 2. The van der Waals surface area contributed by atoms with Gasteiger partial charge in [-0.25, -0.2) is 0 Å². The first-order valence-electron chi connectivity index (χ1n) is 12.1. The summed E-state index contributed by atoms with van der Waals surface area (Å²) in [5.74, 6) is 0.769. The molecule has 1 N–H and O–H groups in total. The Morgan fingerprint density at radius 2 is 1.74 bits per heavy atom. The molecular formula is C27H33ClN4O2. The van der Waals surface area contributed by atoms with E-state index in [1.807, 2.05) is 57.0 Å². The molecule has 2 aromatic carbocycles. The number of carbonyl (C=O) groups is 2. The van der Waals surface area contributed by atoms with Crippen LogP contribution in [0.15, 0.2) is 42.5 Å². The molecule has 1 saturated heterocycles. The van der Waals surface area contributed by atoms with E-state index in [0.717, 1.165) is 49.7 Å². The summed E-state index contributed by atoms with van der Waals surface area (Å²) in [6.07, 6.45) is 0.982. The quantitative estimate of drug-likeness (QED) is 0.685. The van der Waals surface area contributed by atoms with Crippen LogP contribution in [0, 0.1) is 17.3 Å². The third kappa shape index (κ3) is 4.18. The number of rotatable bonds is 3. The zero-order valence-electron chi connectivity index (χ0n) is 20.3. The molecule has 2 heterocycles. The average molecular weight is 481 g/mol. The van der Waals surface area contributed by atoms with E-state index in [9.17, 15) is 9.59 Å². The summed E-state index contributed by atoms with van der Waals surface area (Å²) in [6, 6.07) is 14.4. The monoisotopic (exact) mass is 480 g/mol. The Labute approximate surface area is 206 Å². The summed E-state index contributed by atoms with van der Waals surface area (Å²) in [6.45, 7) is 9.24. The summed E-state index contributed by atoms with van der Waals surface area (Å²) in [5, 5.41) is 3.60. The van der Waals surface area contributed by atoms with Gasteiger partial charge in [0.05, 0.1) is 10.7 Å². The summed E-state index contributed by atoms with van der Waals surface area (Å²) < 4.78 is 0. The lowest BCUT2D eigenvalue weighted by Gasteiger charge is -2.41. The molecule has 2 amide bonds.